The van der Waals surface area contributed by atoms with Gasteiger partial charge in [-0.1, -0.05) is 35.9 Å². The van der Waals surface area contributed by atoms with Gasteiger partial charge in [-0.2, -0.15) is 5.26 Å². The number of hydrogen-bond acceptors (Lipinski definition) is 2. The molecule has 2 aromatic carbocycles. The summed E-state index contributed by atoms with van der Waals surface area (Å²) < 4.78 is 0. The second-order valence-corrected chi connectivity index (χ2v) is 5.84. The molecule has 0 bridgehead atoms. The highest BCUT2D eigenvalue weighted by atomic mass is 35.5. The Morgan fingerprint density at radius 2 is 1.90 bits per heavy atom. The van der Waals surface area contributed by atoms with E-state index in [4.69, 9.17) is 11.6 Å². The molecule has 2 aromatic rings. The van der Waals surface area contributed by atoms with Gasteiger partial charge in [-0.25, -0.2) is 0 Å². The van der Waals surface area contributed by atoms with Crippen molar-refractivity contribution in [3.8, 4) is 6.07 Å². The third-order valence-corrected chi connectivity index (χ3v) is 4.12. The van der Waals surface area contributed by atoms with E-state index in [0.29, 0.717) is 12.8 Å². The van der Waals surface area contributed by atoms with Crippen LogP contribution in [0.25, 0.3) is 0 Å². The van der Waals surface area contributed by atoms with Crippen molar-refractivity contribution in [2.45, 2.75) is 25.3 Å². The number of para-hydroxylation sites is 1. The molecule has 0 radical (unpaired) electrons. The molecule has 3 heteroatoms. The Morgan fingerprint density at radius 3 is 2.65 bits per heavy atom. The Bertz CT molecular complexity index is 702. The molecule has 1 atom stereocenters. The van der Waals surface area contributed by atoms with Crippen LogP contribution in [0.1, 0.15) is 16.7 Å². The van der Waals surface area contributed by atoms with E-state index in [2.05, 4.69) is 11.4 Å². The van der Waals surface area contributed by atoms with Crippen LogP contribution in [0.2, 0.25) is 5.02 Å². The number of nitriles is 1. The van der Waals surface area contributed by atoms with Crippen LogP contribution in [0.4, 0.5) is 5.69 Å². The van der Waals surface area contributed by atoms with Gasteiger partial charge in [0.1, 0.15) is 5.54 Å². The van der Waals surface area contributed by atoms with E-state index in [1.54, 1.807) is 0 Å². The largest absolute Gasteiger partial charge is 0.367 e. The van der Waals surface area contributed by atoms with Crippen LogP contribution < -0.4 is 5.32 Å². The first-order valence-corrected chi connectivity index (χ1v) is 7.02. The summed E-state index contributed by atoms with van der Waals surface area (Å²) in [4.78, 5) is 0. The first-order chi connectivity index (χ1) is 9.62. The summed E-state index contributed by atoms with van der Waals surface area (Å²) in [6.45, 7) is 2.05. The van der Waals surface area contributed by atoms with E-state index in [-0.39, 0.29) is 0 Å². The van der Waals surface area contributed by atoms with Gasteiger partial charge in [0.25, 0.3) is 0 Å². The van der Waals surface area contributed by atoms with Gasteiger partial charge in [-0.3, -0.25) is 0 Å². The van der Waals surface area contributed by atoms with Gasteiger partial charge in [0, 0.05) is 23.6 Å². The van der Waals surface area contributed by atoms with E-state index >= 15 is 0 Å². The first kappa shape index (κ1) is 13.0. The van der Waals surface area contributed by atoms with Crippen molar-refractivity contribution in [3.05, 3.63) is 64.2 Å². The van der Waals surface area contributed by atoms with E-state index in [1.165, 1.54) is 11.1 Å². The van der Waals surface area contributed by atoms with Crippen LogP contribution in [0.3, 0.4) is 0 Å². The number of fused-ring (bicyclic) bond motifs is 1. The maximum absolute atomic E-state index is 9.66. The molecule has 2 nitrogen and oxygen atoms in total. The predicted molar refractivity (Wildman–Crippen MR) is 82.0 cm³/mol. The molecule has 0 aliphatic heterocycles. The fourth-order valence-electron chi connectivity index (χ4n) is 2.81. The van der Waals surface area contributed by atoms with Crippen molar-refractivity contribution in [1.82, 2.24) is 0 Å². The predicted octanol–water partition coefficient (Wildman–Crippen LogP) is 4.12. The van der Waals surface area contributed by atoms with Crippen LogP contribution in [0.15, 0.2) is 42.5 Å². The number of anilines is 1. The number of hydrogen-bond donors (Lipinski definition) is 1. The molecule has 1 unspecified atom stereocenters. The molecular weight excluding hydrogens is 268 g/mol. The number of halogens is 1. The van der Waals surface area contributed by atoms with Gasteiger partial charge in [0.05, 0.1) is 6.07 Å². The quantitative estimate of drug-likeness (QED) is 0.899. The Balaban J connectivity index is 1.93. The summed E-state index contributed by atoms with van der Waals surface area (Å²) in [5.74, 6) is 0. The maximum Gasteiger partial charge on any atom is 0.133 e. The monoisotopic (exact) mass is 282 g/mol. The zero-order valence-electron chi connectivity index (χ0n) is 11.3. The van der Waals surface area contributed by atoms with Gasteiger partial charge in [-0.05, 0) is 41.8 Å². The molecule has 0 heterocycles. The van der Waals surface area contributed by atoms with Gasteiger partial charge in [-0.15, -0.1) is 0 Å². The van der Waals surface area contributed by atoms with E-state index in [0.717, 1.165) is 16.3 Å². The fraction of sp³-hybridized carbons (Fsp3) is 0.235. The lowest BCUT2D eigenvalue weighted by molar-refractivity contribution is 0.627. The Morgan fingerprint density at radius 1 is 1.15 bits per heavy atom. The molecule has 0 saturated carbocycles. The highest BCUT2D eigenvalue weighted by Gasteiger charge is 2.37. The van der Waals surface area contributed by atoms with Crippen LogP contribution in [-0.2, 0) is 12.8 Å². The van der Waals surface area contributed by atoms with Crippen molar-refractivity contribution < 1.29 is 0 Å². The molecule has 0 fully saturated rings. The van der Waals surface area contributed by atoms with Crippen LogP contribution in [-0.4, -0.2) is 5.54 Å². The Labute approximate surface area is 124 Å². The van der Waals surface area contributed by atoms with E-state index < -0.39 is 5.54 Å². The van der Waals surface area contributed by atoms with Crippen molar-refractivity contribution in [2.75, 3.05) is 5.32 Å². The molecule has 1 aliphatic rings. The Kier molecular flexibility index (Phi) is 3.16. The standard InChI is InChI=1S/C17H15ClN2/c1-12-4-2-3-5-16(12)20-17(11-19)9-13-6-7-15(18)8-14(13)10-17/h2-8,20H,9-10H2,1H3. The number of nitrogens with zero attached hydrogens (tertiary/aromatic N) is 1. The molecule has 0 saturated heterocycles. The Hall–Kier alpha value is -1.98. The van der Waals surface area contributed by atoms with Crippen LogP contribution in [0.5, 0.6) is 0 Å². The smallest absolute Gasteiger partial charge is 0.133 e. The van der Waals surface area contributed by atoms with Crippen LogP contribution in [0, 0.1) is 18.3 Å². The molecule has 100 valence electrons. The summed E-state index contributed by atoms with van der Waals surface area (Å²) in [5.41, 5.74) is 3.97. The van der Waals surface area contributed by atoms with Crippen molar-refractivity contribution in [3.63, 3.8) is 0 Å². The topological polar surface area (TPSA) is 35.8 Å². The molecule has 0 amide bonds. The second kappa shape index (κ2) is 4.85. The van der Waals surface area contributed by atoms with Gasteiger partial charge < -0.3 is 5.32 Å². The van der Waals surface area contributed by atoms with Crippen molar-refractivity contribution in [2.24, 2.45) is 0 Å². The van der Waals surface area contributed by atoms with Crippen molar-refractivity contribution in [1.29, 1.82) is 5.26 Å². The second-order valence-electron chi connectivity index (χ2n) is 5.40. The average Bonchev–Trinajstić information content (AvgIpc) is 2.79. The number of rotatable bonds is 2. The minimum absolute atomic E-state index is 0.570. The zero-order chi connectivity index (χ0) is 14.2. The molecule has 20 heavy (non-hydrogen) atoms. The van der Waals surface area contributed by atoms with E-state index in [1.807, 2.05) is 49.4 Å². The van der Waals surface area contributed by atoms with E-state index in [9.17, 15) is 5.26 Å². The minimum atomic E-state index is -0.570. The highest BCUT2D eigenvalue weighted by Crippen LogP contribution is 2.34. The number of nitrogens with one attached hydrogen (secondary N) is 1. The maximum atomic E-state index is 9.66. The summed E-state index contributed by atoms with van der Waals surface area (Å²) >= 11 is 6.04. The third-order valence-electron chi connectivity index (χ3n) is 3.89. The van der Waals surface area contributed by atoms with Crippen molar-refractivity contribution >= 4 is 17.3 Å². The molecular formula is C17H15ClN2. The third kappa shape index (κ3) is 2.26. The van der Waals surface area contributed by atoms with Gasteiger partial charge >= 0.3 is 0 Å². The average molecular weight is 283 g/mol. The lowest BCUT2D eigenvalue weighted by atomic mass is 9.96. The lowest BCUT2D eigenvalue weighted by Gasteiger charge is -2.24. The molecule has 0 spiro atoms. The minimum Gasteiger partial charge on any atom is -0.367 e. The molecule has 3 rings (SSSR count). The zero-order valence-corrected chi connectivity index (χ0v) is 12.0. The molecule has 0 aromatic heterocycles. The summed E-state index contributed by atoms with van der Waals surface area (Å²) in [6.07, 6.45) is 1.40. The summed E-state index contributed by atoms with van der Waals surface area (Å²) in [7, 11) is 0. The SMILES string of the molecule is Cc1ccccc1NC1(C#N)Cc2ccc(Cl)cc2C1. The van der Waals surface area contributed by atoms with Gasteiger partial charge in [0.15, 0.2) is 0 Å². The first-order valence-electron chi connectivity index (χ1n) is 6.64. The highest BCUT2D eigenvalue weighted by molar-refractivity contribution is 6.30. The molecule has 1 aliphatic carbocycles. The number of aryl methyl sites for hydroxylation is 1. The molecule has 1 N–H and O–H groups in total. The lowest BCUT2D eigenvalue weighted by Crippen LogP contribution is -2.37. The van der Waals surface area contributed by atoms with Crippen LogP contribution >= 0.6 is 11.6 Å². The summed E-state index contributed by atoms with van der Waals surface area (Å²) in [5, 5.41) is 13.8. The normalized spacial score (nSPS) is 20.2. The fourth-order valence-corrected chi connectivity index (χ4v) is 3.01. The number of benzene rings is 2. The van der Waals surface area contributed by atoms with Gasteiger partial charge in [0.2, 0.25) is 0 Å². The summed E-state index contributed by atoms with van der Waals surface area (Å²) in [6, 6.07) is 16.4.